The van der Waals surface area contributed by atoms with Gasteiger partial charge in [-0.05, 0) is 75.3 Å². The quantitative estimate of drug-likeness (QED) is 0.0693. The van der Waals surface area contributed by atoms with Crippen molar-refractivity contribution in [2.75, 3.05) is 18.8 Å². The number of aryl methyl sites for hydroxylation is 1. The summed E-state index contributed by atoms with van der Waals surface area (Å²) in [6.45, 7) is 3.02. The monoisotopic (exact) mass is 845 g/mol. The van der Waals surface area contributed by atoms with Crippen LogP contribution >= 0.6 is 23.2 Å². The van der Waals surface area contributed by atoms with Gasteiger partial charge in [0.1, 0.15) is 18.0 Å². The Balaban J connectivity index is 0.811. The fourth-order valence-electron chi connectivity index (χ4n) is 8.19. The molecule has 59 heavy (non-hydrogen) atoms. The van der Waals surface area contributed by atoms with E-state index in [1.807, 2.05) is 21.8 Å². The number of carbonyl (C=O) groups excluding carboxylic acids is 5. The molecule has 16 heteroatoms. The lowest BCUT2D eigenvalue weighted by atomic mass is 9.97. The molecule has 2 atom stereocenters. The predicted octanol–water partition coefficient (Wildman–Crippen LogP) is 7.65. The van der Waals surface area contributed by atoms with Gasteiger partial charge in [-0.25, -0.2) is 9.37 Å². The number of fused-ring (bicyclic) bond motifs is 1. The maximum Gasteiger partial charge on any atom is 0.262 e. The second-order valence-electron chi connectivity index (χ2n) is 15.4. The zero-order valence-electron chi connectivity index (χ0n) is 32.7. The summed E-state index contributed by atoms with van der Waals surface area (Å²) < 4.78 is 22.1. The molecular formula is C43H46Cl2FN7O6. The minimum Gasteiger partial charge on any atom is -0.482 e. The van der Waals surface area contributed by atoms with Crippen molar-refractivity contribution >= 4 is 58.6 Å². The minimum absolute atomic E-state index is 0.0836. The Bertz CT molecular complexity index is 2280. The first-order valence-corrected chi connectivity index (χ1v) is 20.9. The Morgan fingerprint density at radius 2 is 1.71 bits per heavy atom. The third-order valence-corrected chi connectivity index (χ3v) is 12.2. The smallest absolute Gasteiger partial charge is 0.262 e. The van der Waals surface area contributed by atoms with Crippen LogP contribution in [0.1, 0.15) is 122 Å². The molecule has 3 aliphatic rings. The number of halogens is 3. The lowest BCUT2D eigenvalue weighted by molar-refractivity contribution is -0.136. The summed E-state index contributed by atoms with van der Waals surface area (Å²) in [5.74, 6) is -1.93. The van der Waals surface area contributed by atoms with Crippen molar-refractivity contribution in [3.63, 3.8) is 0 Å². The van der Waals surface area contributed by atoms with E-state index in [4.69, 9.17) is 33.7 Å². The number of aromatic nitrogens is 3. The zero-order chi connectivity index (χ0) is 41.8. The topological polar surface area (TPSA) is 170 Å². The van der Waals surface area contributed by atoms with Gasteiger partial charge in [0.2, 0.25) is 17.7 Å². The van der Waals surface area contributed by atoms with Crippen LogP contribution in [0, 0.1) is 5.82 Å². The summed E-state index contributed by atoms with van der Waals surface area (Å²) in [5, 5.41) is 7.02. The normalized spacial score (nSPS) is 17.7. The van der Waals surface area contributed by atoms with Gasteiger partial charge >= 0.3 is 0 Å². The molecule has 2 saturated heterocycles. The number of likely N-dealkylation sites (tertiary alicyclic amines) is 1. The van der Waals surface area contributed by atoms with E-state index in [1.54, 1.807) is 37.5 Å². The standard InChI is InChI=1S/C43H46Cl2FN7O6/c1-25(37-31(44)13-14-32(46)39(37)45)59-34-21-27(22-48-40(34)47)28-23-49-52(24-28)29-17-19-51(20-18-29)36(55)12-7-5-3-2-4-6-9-26-10-8-11-30-38(26)43(58)53(42(30)57)33-15-16-35(54)50-41(33)56/h8,10-11,13-14,21-25,29,33H,2-7,9,12,15-20H2,1H3,(H2,47,48)(H,50,54,56)/t25-,33?/m1/s1. The Morgan fingerprint density at radius 3 is 2.47 bits per heavy atom. The molecule has 4 aromatic rings. The molecule has 310 valence electrons. The summed E-state index contributed by atoms with van der Waals surface area (Å²) in [6, 6.07) is 8.79. The highest BCUT2D eigenvalue weighted by atomic mass is 35.5. The van der Waals surface area contributed by atoms with Crippen LogP contribution in [0.3, 0.4) is 0 Å². The van der Waals surface area contributed by atoms with Crippen molar-refractivity contribution in [3.05, 3.63) is 93.1 Å². The van der Waals surface area contributed by atoms with E-state index in [0.717, 1.165) is 73.0 Å². The number of nitrogens with two attached hydrogens (primary N) is 1. The van der Waals surface area contributed by atoms with Gasteiger partial charge in [-0.3, -0.25) is 38.9 Å². The maximum absolute atomic E-state index is 14.1. The first-order chi connectivity index (χ1) is 28.4. The van der Waals surface area contributed by atoms with E-state index in [0.29, 0.717) is 48.4 Å². The van der Waals surface area contributed by atoms with Crippen molar-refractivity contribution in [2.24, 2.45) is 0 Å². The van der Waals surface area contributed by atoms with Gasteiger partial charge in [0.05, 0.1) is 28.4 Å². The number of anilines is 1. The van der Waals surface area contributed by atoms with Crippen LogP contribution in [0.5, 0.6) is 5.75 Å². The molecule has 0 spiro atoms. The SMILES string of the molecule is C[C@@H](Oc1cc(-c2cnn(C3CCN(C(=O)CCCCCCCCc4cccc5c4C(=O)N(C4CCC(=O)NC4=O)C5=O)CC3)c2)cnc1N)c1c(Cl)ccc(F)c1Cl. The molecule has 0 saturated carbocycles. The molecule has 13 nitrogen and oxygen atoms in total. The third-order valence-electron chi connectivity index (χ3n) is 11.4. The number of benzene rings is 2. The van der Waals surface area contributed by atoms with E-state index in [2.05, 4.69) is 15.4 Å². The number of pyridine rings is 1. The summed E-state index contributed by atoms with van der Waals surface area (Å²) >= 11 is 12.5. The number of piperidine rings is 2. The van der Waals surface area contributed by atoms with Crippen molar-refractivity contribution in [3.8, 4) is 16.9 Å². The Kier molecular flexibility index (Phi) is 13.0. The number of nitrogens with zero attached hydrogens (tertiary/aromatic N) is 5. The van der Waals surface area contributed by atoms with Crippen molar-refractivity contribution < 1.29 is 33.1 Å². The largest absolute Gasteiger partial charge is 0.482 e. The number of nitrogen functional groups attached to an aromatic ring is 1. The van der Waals surface area contributed by atoms with Crippen molar-refractivity contribution in [1.29, 1.82) is 0 Å². The summed E-state index contributed by atoms with van der Waals surface area (Å²) in [7, 11) is 0. The Morgan fingerprint density at radius 1 is 0.966 bits per heavy atom. The van der Waals surface area contributed by atoms with E-state index in [9.17, 15) is 28.4 Å². The number of carbonyl (C=O) groups is 5. The molecule has 0 radical (unpaired) electrons. The molecule has 2 aromatic heterocycles. The van der Waals surface area contributed by atoms with Gasteiger partial charge in [0.25, 0.3) is 11.8 Å². The second-order valence-corrected chi connectivity index (χ2v) is 16.1. The number of ether oxygens (including phenoxy) is 1. The molecule has 7 rings (SSSR count). The molecule has 2 aromatic carbocycles. The predicted molar refractivity (Wildman–Crippen MR) is 219 cm³/mol. The molecule has 5 amide bonds. The van der Waals surface area contributed by atoms with Crippen LogP contribution in [-0.4, -0.2) is 73.2 Å². The number of amides is 5. The lowest BCUT2D eigenvalue weighted by Gasteiger charge is -2.32. The maximum atomic E-state index is 14.1. The molecule has 5 heterocycles. The minimum atomic E-state index is -0.978. The highest BCUT2D eigenvalue weighted by Crippen LogP contribution is 2.37. The number of rotatable bonds is 15. The highest BCUT2D eigenvalue weighted by molar-refractivity contribution is 6.36. The average Bonchev–Trinajstić information content (AvgIpc) is 3.81. The van der Waals surface area contributed by atoms with Gasteiger partial charge < -0.3 is 15.4 Å². The Hall–Kier alpha value is -5.34. The molecule has 0 bridgehead atoms. The van der Waals surface area contributed by atoms with Gasteiger partial charge in [0.15, 0.2) is 11.6 Å². The summed E-state index contributed by atoms with van der Waals surface area (Å²) in [6.07, 6.45) is 13.1. The lowest BCUT2D eigenvalue weighted by Crippen LogP contribution is -2.54. The summed E-state index contributed by atoms with van der Waals surface area (Å²) in [5.41, 5.74) is 9.48. The fourth-order valence-corrected chi connectivity index (χ4v) is 8.87. The third kappa shape index (κ3) is 9.13. The second kappa shape index (κ2) is 18.3. The first-order valence-electron chi connectivity index (χ1n) is 20.1. The van der Waals surface area contributed by atoms with E-state index in [1.165, 1.54) is 12.1 Å². The van der Waals surface area contributed by atoms with Gasteiger partial charge in [-0.2, -0.15) is 5.10 Å². The Labute approximate surface area is 351 Å². The van der Waals surface area contributed by atoms with E-state index in [-0.39, 0.29) is 40.7 Å². The van der Waals surface area contributed by atoms with Crippen LogP contribution in [0.4, 0.5) is 10.2 Å². The van der Waals surface area contributed by atoms with Crippen molar-refractivity contribution in [1.82, 2.24) is 29.9 Å². The zero-order valence-corrected chi connectivity index (χ0v) is 34.2. The molecular weight excluding hydrogens is 800 g/mol. The van der Waals surface area contributed by atoms with Gasteiger partial charge in [0, 0.05) is 60.0 Å². The molecule has 0 aliphatic carbocycles. The van der Waals surface area contributed by atoms with E-state index < -0.39 is 41.6 Å². The number of hydrogen-bond donors (Lipinski definition) is 2. The van der Waals surface area contributed by atoms with Gasteiger partial charge in [-0.1, -0.05) is 61.0 Å². The van der Waals surface area contributed by atoms with Crippen LogP contribution in [0.15, 0.2) is 55.0 Å². The molecule has 3 N–H and O–H groups in total. The average molecular weight is 847 g/mol. The van der Waals surface area contributed by atoms with Crippen LogP contribution in [0.2, 0.25) is 10.0 Å². The number of hydrogen-bond acceptors (Lipinski definition) is 9. The van der Waals surface area contributed by atoms with Crippen LogP contribution in [0.25, 0.3) is 11.1 Å². The number of unbranched alkanes of at least 4 members (excludes halogenated alkanes) is 5. The highest BCUT2D eigenvalue weighted by Gasteiger charge is 2.45. The fraction of sp³-hybridized carbons (Fsp3) is 0.419. The van der Waals surface area contributed by atoms with Crippen LogP contribution in [-0.2, 0) is 20.8 Å². The molecule has 2 fully saturated rings. The molecule has 3 aliphatic heterocycles. The van der Waals surface area contributed by atoms with E-state index >= 15 is 0 Å². The number of nitrogens with one attached hydrogen (secondary N) is 1. The van der Waals surface area contributed by atoms with Crippen molar-refractivity contribution in [2.45, 2.75) is 102 Å². The molecule has 1 unspecified atom stereocenters. The summed E-state index contributed by atoms with van der Waals surface area (Å²) in [4.78, 5) is 70.8. The number of imide groups is 2. The van der Waals surface area contributed by atoms with Crippen LogP contribution < -0.4 is 15.8 Å². The van der Waals surface area contributed by atoms with Gasteiger partial charge in [-0.15, -0.1) is 0 Å². The first kappa shape index (κ1) is 41.8.